The highest BCUT2D eigenvalue weighted by atomic mass is 16.6. The summed E-state index contributed by atoms with van der Waals surface area (Å²) in [5, 5.41) is 23.1. The Bertz CT molecular complexity index is 1390. The second-order valence-corrected chi connectivity index (χ2v) is 12.1. The van der Waals surface area contributed by atoms with Gasteiger partial charge in [-0.05, 0) is 44.3 Å². The van der Waals surface area contributed by atoms with Crippen LogP contribution in [0.2, 0.25) is 0 Å². The van der Waals surface area contributed by atoms with Crippen LogP contribution in [0.25, 0.3) is 0 Å². The number of amides is 1. The van der Waals surface area contributed by atoms with Crippen LogP contribution in [0.15, 0.2) is 34.3 Å². The van der Waals surface area contributed by atoms with Crippen LogP contribution in [0, 0.1) is 23.2 Å². The van der Waals surface area contributed by atoms with Crippen molar-refractivity contribution in [3.63, 3.8) is 0 Å². The number of carbonyl (C=O) groups is 6. The summed E-state index contributed by atoms with van der Waals surface area (Å²) in [5.74, 6) is -9.29. The predicted octanol–water partition coefficient (Wildman–Crippen LogP) is 0.161. The number of carbonyl (C=O) groups excluding carboxylic acids is 6. The van der Waals surface area contributed by atoms with Crippen LogP contribution in [-0.4, -0.2) is 76.7 Å². The molecule has 2 fully saturated rings. The fourth-order valence-electron chi connectivity index (χ4n) is 7.19. The number of allylic oxidation sites excluding steroid dienone is 3. The molecule has 2 unspecified atom stereocenters. The van der Waals surface area contributed by atoms with Gasteiger partial charge in [0.2, 0.25) is 12.0 Å². The lowest BCUT2D eigenvalue weighted by molar-refractivity contribution is -0.224. The van der Waals surface area contributed by atoms with Gasteiger partial charge in [-0.1, -0.05) is 12.5 Å². The monoisotopic (exact) mass is 604 g/mol. The molecule has 43 heavy (non-hydrogen) atoms. The lowest BCUT2D eigenvalue weighted by Crippen LogP contribution is -2.68. The van der Waals surface area contributed by atoms with E-state index in [-0.39, 0.29) is 24.2 Å². The van der Waals surface area contributed by atoms with E-state index in [4.69, 9.17) is 30.4 Å². The van der Waals surface area contributed by atoms with Crippen LogP contribution in [0.5, 0.6) is 0 Å². The van der Waals surface area contributed by atoms with Gasteiger partial charge < -0.3 is 40.6 Å². The van der Waals surface area contributed by atoms with Crippen molar-refractivity contribution in [3.8, 4) is 0 Å². The number of esters is 4. The molecular weight excluding hydrogens is 568 g/mol. The lowest BCUT2D eigenvalue weighted by Gasteiger charge is -2.59. The third kappa shape index (κ3) is 5.33. The molecule has 0 aromatic heterocycles. The molecule has 234 valence electrons. The fraction of sp³-hybridized carbons (Fsp3) is 0.586. The smallest absolute Gasteiger partial charge is 0.348 e. The number of fused-ring (bicyclic) bond motifs is 2. The Morgan fingerprint density at radius 3 is 2.42 bits per heavy atom. The van der Waals surface area contributed by atoms with E-state index in [2.05, 4.69) is 0 Å². The maximum atomic E-state index is 13.5. The van der Waals surface area contributed by atoms with Crippen molar-refractivity contribution in [1.82, 2.24) is 0 Å². The molecule has 3 aliphatic carbocycles. The van der Waals surface area contributed by atoms with Crippen LogP contribution < -0.4 is 11.5 Å². The standard InChI is InChI=1S/C29H36N2O12/c1-11(2)6-19(35)42-24-22-20-17(41-26(24)37)7-13-12(3)23(43-25(36)14(30)8-18(31)34)16(33)9-28(13,4)21(20)15(32)10-29(22,39)27(38)40-5/h6,13-14,17,20,22,24,32,39H,7-10,30H2,1-5H3,(H2,31,34)/t13?,14-,17+,20?,22-,24+,28-,29+/m0/s1. The van der Waals surface area contributed by atoms with Gasteiger partial charge in [0.1, 0.15) is 12.1 Å². The van der Waals surface area contributed by atoms with E-state index in [0.717, 1.165) is 13.2 Å². The van der Waals surface area contributed by atoms with E-state index in [1.54, 1.807) is 27.7 Å². The quantitative estimate of drug-likeness (QED) is 0.172. The number of rotatable bonds is 7. The average molecular weight is 605 g/mol. The zero-order chi connectivity index (χ0) is 32.2. The summed E-state index contributed by atoms with van der Waals surface area (Å²) in [4.78, 5) is 76.2. The Balaban J connectivity index is 1.82. The maximum absolute atomic E-state index is 13.5. The van der Waals surface area contributed by atoms with Crippen molar-refractivity contribution in [2.45, 2.75) is 77.2 Å². The third-order valence-corrected chi connectivity index (χ3v) is 8.88. The molecule has 0 aromatic carbocycles. The summed E-state index contributed by atoms with van der Waals surface area (Å²) in [6.07, 6.45) is -3.06. The first-order valence-electron chi connectivity index (χ1n) is 13.7. The van der Waals surface area contributed by atoms with Gasteiger partial charge in [0.25, 0.3) is 0 Å². The minimum absolute atomic E-state index is 0.0412. The first-order chi connectivity index (χ1) is 20.0. The normalized spacial score (nSPS) is 33.8. The second-order valence-electron chi connectivity index (χ2n) is 12.1. The van der Waals surface area contributed by atoms with E-state index in [0.29, 0.717) is 11.1 Å². The number of aliphatic hydroxyl groups excluding tert-OH is 1. The van der Waals surface area contributed by atoms with E-state index in [1.807, 2.05) is 0 Å². The molecule has 1 saturated heterocycles. The molecule has 6 N–H and O–H groups in total. The summed E-state index contributed by atoms with van der Waals surface area (Å²) in [6, 6.07) is -1.40. The predicted molar refractivity (Wildman–Crippen MR) is 144 cm³/mol. The zero-order valence-corrected chi connectivity index (χ0v) is 24.5. The van der Waals surface area contributed by atoms with Crippen molar-refractivity contribution in [3.05, 3.63) is 34.3 Å². The summed E-state index contributed by atoms with van der Waals surface area (Å²) in [7, 11) is 1.03. The van der Waals surface area contributed by atoms with Gasteiger partial charge in [0.15, 0.2) is 17.1 Å². The van der Waals surface area contributed by atoms with Gasteiger partial charge in [0, 0.05) is 30.3 Å². The number of Topliss-reactive ketones (excluding diaryl/α,β-unsaturated/α-hetero) is 1. The van der Waals surface area contributed by atoms with Crippen molar-refractivity contribution in [2.24, 2.45) is 34.6 Å². The number of nitrogens with two attached hydrogens (primary N) is 2. The van der Waals surface area contributed by atoms with Crippen LogP contribution in [0.1, 0.15) is 53.4 Å². The number of hydrogen-bond donors (Lipinski definition) is 4. The molecule has 8 atom stereocenters. The Hall–Kier alpha value is -4.04. The molecule has 14 nitrogen and oxygen atoms in total. The minimum Gasteiger partial charge on any atom is -0.512 e. The van der Waals surface area contributed by atoms with Crippen LogP contribution >= 0.6 is 0 Å². The molecular formula is C29H36N2O12. The van der Waals surface area contributed by atoms with E-state index >= 15 is 0 Å². The zero-order valence-electron chi connectivity index (χ0n) is 24.5. The summed E-state index contributed by atoms with van der Waals surface area (Å²) in [5.41, 5.74) is 8.32. The molecule has 1 aliphatic heterocycles. The van der Waals surface area contributed by atoms with Gasteiger partial charge >= 0.3 is 23.9 Å². The molecule has 0 radical (unpaired) electrons. The number of aliphatic hydroxyl groups is 2. The Morgan fingerprint density at radius 1 is 1.19 bits per heavy atom. The van der Waals surface area contributed by atoms with Gasteiger partial charge in [-0.15, -0.1) is 0 Å². The SMILES string of the molecule is COC(=O)[C@@]1(O)CC(O)=C2C3[C@@H](CC4C(C)=C(OC(=O)[C@@H](N)CC(N)=O)C(=O)C[C@]24C)OC(=O)[C@H](OC(=O)C=C(C)C)[C@H]31. The molecule has 14 heteroatoms. The molecule has 0 aromatic rings. The average Bonchev–Trinajstić information content (AvgIpc) is 2.88. The number of methoxy groups -OCH3 is 1. The lowest BCUT2D eigenvalue weighted by atomic mass is 9.47. The minimum atomic E-state index is -2.48. The van der Waals surface area contributed by atoms with Gasteiger partial charge in [0.05, 0.1) is 25.2 Å². The van der Waals surface area contributed by atoms with E-state index in [1.165, 1.54) is 0 Å². The molecule has 4 aliphatic rings. The highest BCUT2D eigenvalue weighted by molar-refractivity contribution is 5.99. The number of ketones is 1. The van der Waals surface area contributed by atoms with Crippen molar-refractivity contribution in [1.29, 1.82) is 0 Å². The summed E-state index contributed by atoms with van der Waals surface area (Å²) in [6.45, 7) is 6.53. The molecule has 4 rings (SSSR count). The van der Waals surface area contributed by atoms with Crippen LogP contribution in [-0.2, 0) is 47.7 Å². The largest absolute Gasteiger partial charge is 0.512 e. The highest BCUT2D eigenvalue weighted by Gasteiger charge is 2.69. The molecule has 1 heterocycles. The summed E-state index contributed by atoms with van der Waals surface area (Å²) < 4.78 is 21.4. The number of hydrogen-bond acceptors (Lipinski definition) is 13. The van der Waals surface area contributed by atoms with Gasteiger partial charge in [-0.2, -0.15) is 0 Å². The topological polar surface area (TPSA) is 232 Å². The Kier molecular flexibility index (Phi) is 8.33. The van der Waals surface area contributed by atoms with Crippen molar-refractivity contribution in [2.75, 3.05) is 7.11 Å². The highest BCUT2D eigenvalue weighted by Crippen LogP contribution is 2.63. The van der Waals surface area contributed by atoms with Crippen LogP contribution in [0.4, 0.5) is 0 Å². The molecule has 1 amide bonds. The second kappa shape index (κ2) is 11.2. The first-order valence-corrected chi connectivity index (χ1v) is 13.7. The van der Waals surface area contributed by atoms with Crippen LogP contribution in [0.3, 0.4) is 0 Å². The molecule has 0 bridgehead atoms. The number of ether oxygens (including phenoxy) is 4. The van der Waals surface area contributed by atoms with Gasteiger partial charge in [-0.3, -0.25) is 9.59 Å². The first kappa shape index (κ1) is 31.9. The molecule has 1 saturated carbocycles. The number of primary amides is 1. The van der Waals surface area contributed by atoms with E-state index < -0.39 is 101 Å². The van der Waals surface area contributed by atoms with Gasteiger partial charge in [-0.25, -0.2) is 19.2 Å². The van der Waals surface area contributed by atoms with E-state index in [9.17, 15) is 39.0 Å². The van der Waals surface area contributed by atoms with Crippen molar-refractivity contribution >= 4 is 35.6 Å². The molecule has 0 spiro atoms. The Labute approximate surface area is 247 Å². The fourth-order valence-corrected chi connectivity index (χ4v) is 7.19. The summed E-state index contributed by atoms with van der Waals surface area (Å²) >= 11 is 0. The Morgan fingerprint density at radius 2 is 1.84 bits per heavy atom. The third-order valence-electron chi connectivity index (χ3n) is 8.88. The maximum Gasteiger partial charge on any atom is 0.348 e. The van der Waals surface area contributed by atoms with Crippen molar-refractivity contribution < 1.29 is 57.9 Å².